The summed E-state index contributed by atoms with van der Waals surface area (Å²) >= 11 is 0. The molecule has 0 aromatic rings. The zero-order valence-electron chi connectivity index (χ0n) is 7.17. The van der Waals surface area contributed by atoms with Crippen molar-refractivity contribution in [2.45, 2.75) is 38.6 Å². The van der Waals surface area contributed by atoms with E-state index in [-0.39, 0.29) is 12.7 Å². The van der Waals surface area contributed by atoms with Gasteiger partial charge in [0.15, 0.2) is 5.79 Å². The van der Waals surface area contributed by atoms with E-state index in [1.807, 2.05) is 13.8 Å². The molecule has 1 heterocycles. The van der Waals surface area contributed by atoms with E-state index in [1.54, 1.807) is 0 Å². The molecule has 1 aliphatic rings. The molecule has 1 N–H and O–H groups in total. The predicted octanol–water partition coefficient (Wildman–Crippen LogP) is 0.910. The molecule has 1 saturated heterocycles. The normalized spacial score (nSPS) is 37.9. The predicted molar refractivity (Wildman–Crippen MR) is 41.2 cm³/mol. The van der Waals surface area contributed by atoms with Crippen LogP contribution in [0.2, 0.25) is 0 Å². The van der Waals surface area contributed by atoms with Gasteiger partial charge in [-0.05, 0) is 19.8 Å². The summed E-state index contributed by atoms with van der Waals surface area (Å²) in [5.74, 6) is -0.403. The fourth-order valence-corrected chi connectivity index (χ4v) is 1.16. The second-order valence-corrected chi connectivity index (χ2v) is 3.05. The van der Waals surface area contributed by atoms with E-state index in [9.17, 15) is 0 Å². The lowest BCUT2D eigenvalue weighted by Gasteiger charge is -2.20. The Balaban J connectivity index is 2.33. The van der Waals surface area contributed by atoms with Crippen LogP contribution in [0.15, 0.2) is 0 Å². The van der Waals surface area contributed by atoms with E-state index < -0.39 is 5.79 Å². The molecule has 66 valence electrons. The van der Waals surface area contributed by atoms with Crippen molar-refractivity contribution >= 4 is 0 Å². The highest BCUT2D eigenvalue weighted by atomic mass is 16.7. The van der Waals surface area contributed by atoms with Crippen LogP contribution in [0.5, 0.6) is 0 Å². The lowest BCUT2D eigenvalue weighted by molar-refractivity contribution is -0.156. The average Bonchev–Trinajstić information content (AvgIpc) is 2.35. The topological polar surface area (TPSA) is 38.7 Å². The number of ether oxygens (including phenoxy) is 2. The molecule has 0 amide bonds. The maximum Gasteiger partial charge on any atom is 0.165 e. The molecule has 3 heteroatoms. The summed E-state index contributed by atoms with van der Waals surface area (Å²) in [6.07, 6.45) is 1.62. The van der Waals surface area contributed by atoms with Gasteiger partial charge in [-0.15, -0.1) is 0 Å². The van der Waals surface area contributed by atoms with Crippen molar-refractivity contribution in [3.8, 4) is 0 Å². The van der Waals surface area contributed by atoms with Gasteiger partial charge in [0.25, 0.3) is 0 Å². The van der Waals surface area contributed by atoms with Crippen molar-refractivity contribution in [2.75, 3.05) is 13.2 Å². The minimum atomic E-state index is -0.403. The van der Waals surface area contributed by atoms with Gasteiger partial charge in [0.05, 0.1) is 12.7 Å². The maximum atomic E-state index is 8.63. The van der Waals surface area contributed by atoms with E-state index >= 15 is 0 Å². The highest BCUT2D eigenvalue weighted by Crippen LogP contribution is 2.27. The van der Waals surface area contributed by atoms with Gasteiger partial charge in [-0.3, -0.25) is 0 Å². The van der Waals surface area contributed by atoms with Crippen LogP contribution in [0.3, 0.4) is 0 Å². The molecule has 0 radical (unpaired) electrons. The number of aliphatic hydroxyl groups excluding tert-OH is 1. The van der Waals surface area contributed by atoms with Gasteiger partial charge in [-0.2, -0.15) is 0 Å². The van der Waals surface area contributed by atoms with Gasteiger partial charge in [0.2, 0.25) is 0 Å². The fourth-order valence-electron chi connectivity index (χ4n) is 1.16. The van der Waals surface area contributed by atoms with Gasteiger partial charge < -0.3 is 14.6 Å². The van der Waals surface area contributed by atoms with Crippen LogP contribution >= 0.6 is 0 Å². The number of aliphatic hydroxyl groups is 1. The van der Waals surface area contributed by atoms with Gasteiger partial charge >= 0.3 is 0 Å². The molecule has 0 aliphatic carbocycles. The van der Waals surface area contributed by atoms with E-state index in [1.165, 1.54) is 0 Å². The molecule has 0 saturated carbocycles. The second kappa shape index (κ2) is 3.52. The molecule has 0 bridgehead atoms. The van der Waals surface area contributed by atoms with Gasteiger partial charge in [0.1, 0.15) is 0 Å². The van der Waals surface area contributed by atoms with Crippen LogP contribution in [-0.4, -0.2) is 30.2 Å². The SMILES string of the molecule is CCC1(C)OCC(CCO)O1. The third-order valence-electron chi connectivity index (χ3n) is 2.08. The van der Waals surface area contributed by atoms with Crippen molar-refractivity contribution in [2.24, 2.45) is 0 Å². The van der Waals surface area contributed by atoms with E-state index in [0.29, 0.717) is 13.0 Å². The quantitative estimate of drug-likeness (QED) is 0.667. The lowest BCUT2D eigenvalue weighted by Crippen LogP contribution is -2.25. The van der Waals surface area contributed by atoms with Crippen molar-refractivity contribution < 1.29 is 14.6 Å². The minimum Gasteiger partial charge on any atom is -0.396 e. The van der Waals surface area contributed by atoms with E-state index in [2.05, 4.69) is 0 Å². The molecule has 0 spiro atoms. The van der Waals surface area contributed by atoms with Crippen LogP contribution in [0, 0.1) is 0 Å². The van der Waals surface area contributed by atoms with E-state index in [0.717, 1.165) is 6.42 Å². The molecule has 0 aromatic carbocycles. The first-order chi connectivity index (χ1) is 5.20. The highest BCUT2D eigenvalue weighted by Gasteiger charge is 2.34. The van der Waals surface area contributed by atoms with Gasteiger partial charge in [0, 0.05) is 6.61 Å². The molecule has 11 heavy (non-hydrogen) atoms. The van der Waals surface area contributed by atoms with Crippen molar-refractivity contribution in [3.05, 3.63) is 0 Å². The smallest absolute Gasteiger partial charge is 0.165 e. The van der Waals surface area contributed by atoms with Crippen molar-refractivity contribution in [1.82, 2.24) is 0 Å². The summed E-state index contributed by atoms with van der Waals surface area (Å²) in [6.45, 7) is 4.75. The summed E-state index contributed by atoms with van der Waals surface area (Å²) in [5.41, 5.74) is 0. The highest BCUT2D eigenvalue weighted by molar-refractivity contribution is 4.73. The third kappa shape index (κ3) is 2.15. The molecular weight excluding hydrogens is 144 g/mol. The fraction of sp³-hybridized carbons (Fsp3) is 1.00. The first-order valence-electron chi connectivity index (χ1n) is 4.13. The minimum absolute atomic E-state index is 0.0879. The van der Waals surface area contributed by atoms with Gasteiger partial charge in [-0.1, -0.05) is 6.92 Å². The van der Waals surface area contributed by atoms with Crippen molar-refractivity contribution in [3.63, 3.8) is 0 Å². The Bertz CT molecular complexity index is 127. The average molecular weight is 160 g/mol. The molecule has 0 aromatic heterocycles. The number of rotatable bonds is 3. The Morgan fingerprint density at radius 2 is 2.36 bits per heavy atom. The van der Waals surface area contributed by atoms with Crippen molar-refractivity contribution in [1.29, 1.82) is 0 Å². The van der Waals surface area contributed by atoms with Gasteiger partial charge in [-0.25, -0.2) is 0 Å². The Morgan fingerprint density at radius 1 is 1.64 bits per heavy atom. The zero-order chi connectivity index (χ0) is 8.32. The zero-order valence-corrected chi connectivity index (χ0v) is 7.17. The first-order valence-corrected chi connectivity index (χ1v) is 4.13. The summed E-state index contributed by atoms with van der Waals surface area (Å²) in [7, 11) is 0. The number of hydrogen-bond acceptors (Lipinski definition) is 3. The maximum absolute atomic E-state index is 8.63. The third-order valence-corrected chi connectivity index (χ3v) is 2.08. The van der Waals surface area contributed by atoms with Crippen LogP contribution in [0.1, 0.15) is 26.7 Å². The second-order valence-electron chi connectivity index (χ2n) is 3.05. The van der Waals surface area contributed by atoms with E-state index in [4.69, 9.17) is 14.6 Å². The summed E-state index contributed by atoms with van der Waals surface area (Å²) < 4.78 is 11.0. The molecule has 1 fully saturated rings. The molecule has 3 nitrogen and oxygen atoms in total. The number of hydrogen-bond donors (Lipinski definition) is 1. The summed E-state index contributed by atoms with van der Waals surface area (Å²) in [4.78, 5) is 0. The lowest BCUT2D eigenvalue weighted by atomic mass is 10.2. The summed E-state index contributed by atoms with van der Waals surface area (Å²) in [6, 6.07) is 0. The Kier molecular flexibility index (Phi) is 2.87. The Hall–Kier alpha value is -0.120. The molecular formula is C8H16O3. The van der Waals surface area contributed by atoms with Crippen LogP contribution in [-0.2, 0) is 9.47 Å². The first kappa shape index (κ1) is 8.97. The standard InChI is InChI=1S/C8H16O3/c1-3-8(2)10-6-7(11-8)4-5-9/h7,9H,3-6H2,1-2H3. The van der Waals surface area contributed by atoms with Crippen LogP contribution in [0.4, 0.5) is 0 Å². The molecule has 1 aliphatic heterocycles. The largest absolute Gasteiger partial charge is 0.396 e. The molecule has 2 atom stereocenters. The molecule has 1 rings (SSSR count). The Morgan fingerprint density at radius 3 is 2.82 bits per heavy atom. The summed E-state index contributed by atoms with van der Waals surface area (Å²) in [5, 5.41) is 8.63. The monoisotopic (exact) mass is 160 g/mol. The van der Waals surface area contributed by atoms with Crippen LogP contribution < -0.4 is 0 Å². The van der Waals surface area contributed by atoms with Crippen LogP contribution in [0.25, 0.3) is 0 Å². The molecule has 2 unspecified atom stereocenters. The Labute approximate surface area is 67.3 Å².